The van der Waals surface area contributed by atoms with Crippen LogP contribution in [0, 0.1) is 5.92 Å². The molecule has 0 radical (unpaired) electrons. The Bertz CT molecular complexity index is 508. The van der Waals surface area contributed by atoms with Crippen LogP contribution in [0.2, 0.25) is 0 Å². The topological polar surface area (TPSA) is 21.3 Å². The van der Waals surface area contributed by atoms with Crippen molar-refractivity contribution in [1.82, 2.24) is 0 Å². The van der Waals surface area contributed by atoms with Crippen LogP contribution in [0.15, 0.2) is 54.6 Å². The van der Waals surface area contributed by atoms with Gasteiger partial charge in [0.25, 0.3) is 0 Å². The van der Waals surface area contributed by atoms with Crippen molar-refractivity contribution in [2.75, 3.05) is 25.1 Å². The average Bonchev–Trinajstić information content (AvgIpc) is 2.48. The molecule has 0 aliphatic rings. The van der Waals surface area contributed by atoms with Gasteiger partial charge < -0.3 is 10.1 Å². The number of nitrogens with one attached hydrogen (secondary N) is 1. The van der Waals surface area contributed by atoms with Gasteiger partial charge in [-0.25, -0.2) is 0 Å². The standard InChI is InChI=1S/C18H23NO/c1-15(2)14-20-13-12-19-18-11-7-6-10-17(18)16-8-4-3-5-9-16/h3-11,15,19H,12-14H2,1-2H3. The van der Waals surface area contributed by atoms with E-state index in [0.717, 1.165) is 25.4 Å². The highest BCUT2D eigenvalue weighted by atomic mass is 16.5. The van der Waals surface area contributed by atoms with Crippen LogP contribution < -0.4 is 5.32 Å². The normalized spacial score (nSPS) is 10.8. The summed E-state index contributed by atoms with van der Waals surface area (Å²) in [5, 5.41) is 3.46. The van der Waals surface area contributed by atoms with E-state index in [2.05, 4.69) is 67.7 Å². The minimum absolute atomic E-state index is 0.589. The molecule has 0 aliphatic heterocycles. The molecule has 0 amide bonds. The second-order valence-electron chi connectivity index (χ2n) is 5.31. The van der Waals surface area contributed by atoms with Crippen molar-refractivity contribution in [3.05, 3.63) is 54.6 Å². The maximum absolute atomic E-state index is 5.60. The van der Waals surface area contributed by atoms with Crippen LogP contribution in [-0.2, 0) is 4.74 Å². The van der Waals surface area contributed by atoms with E-state index in [4.69, 9.17) is 4.74 Å². The molecular weight excluding hydrogens is 246 g/mol. The van der Waals surface area contributed by atoms with Crippen LogP contribution in [0.25, 0.3) is 11.1 Å². The first-order valence-electron chi connectivity index (χ1n) is 7.23. The van der Waals surface area contributed by atoms with Gasteiger partial charge in [-0.1, -0.05) is 62.4 Å². The monoisotopic (exact) mass is 269 g/mol. The molecule has 20 heavy (non-hydrogen) atoms. The molecule has 2 nitrogen and oxygen atoms in total. The Kier molecular flexibility index (Phi) is 5.63. The van der Waals surface area contributed by atoms with Crippen LogP contribution >= 0.6 is 0 Å². The molecule has 2 rings (SSSR count). The molecule has 0 saturated carbocycles. The Hall–Kier alpha value is -1.80. The van der Waals surface area contributed by atoms with Crippen molar-refractivity contribution in [3.8, 4) is 11.1 Å². The molecule has 2 heteroatoms. The molecule has 1 N–H and O–H groups in total. The quantitative estimate of drug-likeness (QED) is 0.750. The van der Waals surface area contributed by atoms with Gasteiger partial charge in [-0.2, -0.15) is 0 Å². The third-order valence-electron chi connectivity index (χ3n) is 3.02. The Morgan fingerprint density at radius 1 is 0.950 bits per heavy atom. The van der Waals surface area contributed by atoms with Gasteiger partial charge in [0.2, 0.25) is 0 Å². The van der Waals surface area contributed by atoms with Gasteiger partial charge in [0.15, 0.2) is 0 Å². The third-order valence-corrected chi connectivity index (χ3v) is 3.02. The number of para-hydroxylation sites is 1. The van der Waals surface area contributed by atoms with Crippen LogP contribution in [0.5, 0.6) is 0 Å². The van der Waals surface area contributed by atoms with E-state index >= 15 is 0 Å². The van der Waals surface area contributed by atoms with E-state index in [1.807, 2.05) is 6.07 Å². The van der Waals surface area contributed by atoms with Crippen molar-refractivity contribution in [2.45, 2.75) is 13.8 Å². The van der Waals surface area contributed by atoms with E-state index in [-0.39, 0.29) is 0 Å². The molecule has 0 unspecified atom stereocenters. The number of rotatable bonds is 7. The van der Waals surface area contributed by atoms with E-state index < -0.39 is 0 Å². The maximum atomic E-state index is 5.60. The predicted octanol–water partition coefficient (Wildman–Crippen LogP) is 4.44. The predicted molar refractivity (Wildman–Crippen MR) is 86.0 cm³/mol. The first-order valence-corrected chi connectivity index (χ1v) is 7.23. The van der Waals surface area contributed by atoms with Crippen LogP contribution in [-0.4, -0.2) is 19.8 Å². The van der Waals surface area contributed by atoms with Crippen molar-refractivity contribution < 1.29 is 4.74 Å². The van der Waals surface area contributed by atoms with Gasteiger partial charge in [-0.05, 0) is 17.5 Å². The summed E-state index contributed by atoms with van der Waals surface area (Å²) < 4.78 is 5.60. The zero-order valence-electron chi connectivity index (χ0n) is 12.3. The highest BCUT2D eigenvalue weighted by Gasteiger charge is 2.03. The van der Waals surface area contributed by atoms with E-state index in [0.29, 0.717) is 5.92 Å². The van der Waals surface area contributed by atoms with Gasteiger partial charge in [0.1, 0.15) is 0 Å². The lowest BCUT2D eigenvalue weighted by Gasteiger charge is -2.13. The highest BCUT2D eigenvalue weighted by molar-refractivity contribution is 5.77. The number of hydrogen-bond donors (Lipinski definition) is 1. The van der Waals surface area contributed by atoms with Crippen molar-refractivity contribution in [1.29, 1.82) is 0 Å². The van der Waals surface area contributed by atoms with Crippen LogP contribution in [0.4, 0.5) is 5.69 Å². The maximum Gasteiger partial charge on any atom is 0.0639 e. The summed E-state index contributed by atoms with van der Waals surface area (Å²) in [6, 6.07) is 18.8. The molecular formula is C18H23NO. The lowest BCUT2D eigenvalue weighted by Crippen LogP contribution is -2.12. The van der Waals surface area contributed by atoms with E-state index in [9.17, 15) is 0 Å². The number of anilines is 1. The summed E-state index contributed by atoms with van der Waals surface area (Å²) in [4.78, 5) is 0. The summed E-state index contributed by atoms with van der Waals surface area (Å²) in [6.07, 6.45) is 0. The molecule has 0 aromatic heterocycles. The first kappa shape index (κ1) is 14.6. The fourth-order valence-corrected chi connectivity index (χ4v) is 2.08. The van der Waals surface area contributed by atoms with Crippen LogP contribution in [0.1, 0.15) is 13.8 Å². The molecule has 2 aromatic carbocycles. The Morgan fingerprint density at radius 3 is 2.40 bits per heavy atom. The molecule has 106 valence electrons. The number of ether oxygens (including phenoxy) is 1. The minimum Gasteiger partial charge on any atom is -0.382 e. The van der Waals surface area contributed by atoms with Gasteiger partial charge in [-0.15, -0.1) is 0 Å². The van der Waals surface area contributed by atoms with Crippen molar-refractivity contribution in [3.63, 3.8) is 0 Å². The zero-order valence-corrected chi connectivity index (χ0v) is 12.3. The molecule has 2 aromatic rings. The highest BCUT2D eigenvalue weighted by Crippen LogP contribution is 2.27. The SMILES string of the molecule is CC(C)COCCNc1ccccc1-c1ccccc1. The van der Waals surface area contributed by atoms with Crippen LogP contribution in [0.3, 0.4) is 0 Å². The second kappa shape index (κ2) is 7.71. The molecule has 0 fully saturated rings. The molecule has 0 heterocycles. The minimum atomic E-state index is 0.589. The Morgan fingerprint density at radius 2 is 1.65 bits per heavy atom. The smallest absolute Gasteiger partial charge is 0.0639 e. The summed E-state index contributed by atoms with van der Waals surface area (Å²) >= 11 is 0. The van der Waals surface area contributed by atoms with Crippen molar-refractivity contribution >= 4 is 5.69 Å². The number of benzene rings is 2. The van der Waals surface area contributed by atoms with E-state index in [1.54, 1.807) is 0 Å². The van der Waals surface area contributed by atoms with Gasteiger partial charge in [-0.3, -0.25) is 0 Å². The molecule has 0 atom stereocenters. The Labute approximate surface area is 121 Å². The Balaban J connectivity index is 1.95. The molecule has 0 saturated heterocycles. The third kappa shape index (κ3) is 4.39. The summed E-state index contributed by atoms with van der Waals surface area (Å²) in [6.45, 7) is 6.72. The lowest BCUT2D eigenvalue weighted by molar-refractivity contribution is 0.118. The molecule has 0 spiro atoms. The van der Waals surface area contributed by atoms with Gasteiger partial charge in [0, 0.05) is 24.4 Å². The second-order valence-corrected chi connectivity index (χ2v) is 5.31. The lowest BCUT2D eigenvalue weighted by atomic mass is 10.0. The fourth-order valence-electron chi connectivity index (χ4n) is 2.08. The fraction of sp³-hybridized carbons (Fsp3) is 0.333. The molecule has 0 bridgehead atoms. The van der Waals surface area contributed by atoms with E-state index in [1.165, 1.54) is 11.1 Å². The molecule has 0 aliphatic carbocycles. The van der Waals surface area contributed by atoms with Crippen molar-refractivity contribution in [2.24, 2.45) is 5.92 Å². The average molecular weight is 269 g/mol. The number of hydrogen-bond acceptors (Lipinski definition) is 2. The summed E-state index contributed by atoms with van der Waals surface area (Å²) in [7, 11) is 0. The largest absolute Gasteiger partial charge is 0.382 e. The van der Waals surface area contributed by atoms with Gasteiger partial charge >= 0.3 is 0 Å². The first-order chi connectivity index (χ1) is 9.77. The van der Waals surface area contributed by atoms with Gasteiger partial charge in [0.05, 0.1) is 6.61 Å². The zero-order chi connectivity index (χ0) is 14.2. The summed E-state index contributed by atoms with van der Waals surface area (Å²) in [5.41, 5.74) is 3.63. The summed E-state index contributed by atoms with van der Waals surface area (Å²) in [5.74, 6) is 0.589.